The summed E-state index contributed by atoms with van der Waals surface area (Å²) >= 11 is 0. The van der Waals surface area contributed by atoms with Crippen LogP contribution in [-0.2, 0) is 13.1 Å². The second kappa shape index (κ2) is 9.67. The van der Waals surface area contributed by atoms with Crippen molar-refractivity contribution in [3.05, 3.63) is 18.0 Å². The summed E-state index contributed by atoms with van der Waals surface area (Å²) in [6.07, 6.45) is 7.08. The van der Waals surface area contributed by atoms with Gasteiger partial charge in [0.2, 0.25) is 0 Å². The average molecular weight is 246 g/mol. The molecule has 1 N–H and O–H groups in total. The molecule has 1 aromatic rings. The highest BCUT2D eigenvalue weighted by Gasteiger charge is 1.97. The van der Waals surface area contributed by atoms with E-state index in [0.717, 1.165) is 31.7 Å². The molecule has 3 nitrogen and oxygen atoms in total. The molecule has 1 rings (SSSR count). The Bertz CT molecular complexity index is 261. The molecule has 0 radical (unpaired) electrons. The van der Waals surface area contributed by atoms with Crippen LogP contribution in [0.1, 0.15) is 45.2 Å². The van der Waals surface area contributed by atoms with Crippen molar-refractivity contribution in [2.24, 2.45) is 0 Å². The third kappa shape index (κ3) is 6.13. The largest absolute Gasteiger partial charge is 0.311 e. The van der Waals surface area contributed by atoms with Gasteiger partial charge >= 0.3 is 0 Å². The van der Waals surface area contributed by atoms with Crippen molar-refractivity contribution in [1.29, 1.82) is 0 Å². The molecule has 1 heterocycles. The zero-order valence-corrected chi connectivity index (χ0v) is 11.2. The third-order valence-electron chi connectivity index (χ3n) is 2.41. The van der Waals surface area contributed by atoms with E-state index in [9.17, 15) is 0 Å². The molecular weight excluding hydrogens is 222 g/mol. The van der Waals surface area contributed by atoms with Gasteiger partial charge in [0.05, 0.1) is 5.69 Å². The van der Waals surface area contributed by atoms with Crippen LogP contribution in [0.5, 0.6) is 0 Å². The Balaban J connectivity index is 0.00000225. The average Bonchev–Trinajstić information content (AvgIpc) is 2.66. The fourth-order valence-electron chi connectivity index (χ4n) is 1.57. The van der Waals surface area contributed by atoms with E-state index >= 15 is 0 Å². The number of nitrogens with one attached hydrogen (secondary N) is 1. The molecule has 0 amide bonds. The van der Waals surface area contributed by atoms with Crippen molar-refractivity contribution in [3.8, 4) is 0 Å². The predicted molar refractivity (Wildman–Crippen MR) is 71.0 cm³/mol. The molecule has 0 saturated heterocycles. The number of aromatic nitrogens is 2. The number of aryl methyl sites for hydroxylation is 1. The molecule has 4 heteroatoms. The SMILES string of the molecule is CCCCCNCc1ccn(CCC)n1.Cl. The van der Waals surface area contributed by atoms with E-state index in [1.165, 1.54) is 19.3 Å². The van der Waals surface area contributed by atoms with Crippen LogP contribution in [0, 0.1) is 0 Å². The maximum atomic E-state index is 4.47. The summed E-state index contributed by atoms with van der Waals surface area (Å²) in [6.45, 7) is 7.43. The first-order chi connectivity index (χ1) is 7.36. The first-order valence-electron chi connectivity index (χ1n) is 6.09. The lowest BCUT2D eigenvalue weighted by Gasteiger charge is -2.01. The quantitative estimate of drug-likeness (QED) is 0.714. The fraction of sp³-hybridized carbons (Fsp3) is 0.750. The summed E-state index contributed by atoms with van der Waals surface area (Å²) in [5.41, 5.74) is 1.15. The Labute approximate surface area is 105 Å². The molecule has 0 aliphatic carbocycles. The zero-order valence-electron chi connectivity index (χ0n) is 10.4. The van der Waals surface area contributed by atoms with Crippen LogP contribution in [0.2, 0.25) is 0 Å². The van der Waals surface area contributed by atoms with Crippen LogP contribution < -0.4 is 5.32 Å². The molecule has 16 heavy (non-hydrogen) atoms. The second-order valence-corrected chi connectivity index (χ2v) is 3.95. The fourth-order valence-corrected chi connectivity index (χ4v) is 1.57. The van der Waals surface area contributed by atoms with Gasteiger partial charge in [0.1, 0.15) is 0 Å². The lowest BCUT2D eigenvalue weighted by molar-refractivity contribution is 0.573. The summed E-state index contributed by atoms with van der Waals surface area (Å²) in [5.74, 6) is 0. The normalized spacial score (nSPS) is 10.1. The van der Waals surface area contributed by atoms with E-state index in [-0.39, 0.29) is 12.4 Å². The Morgan fingerprint density at radius 3 is 2.75 bits per heavy atom. The molecule has 0 unspecified atom stereocenters. The molecular formula is C12H24ClN3. The van der Waals surface area contributed by atoms with Crippen LogP contribution in [0.25, 0.3) is 0 Å². The molecule has 94 valence electrons. The van der Waals surface area contributed by atoms with Crippen molar-refractivity contribution in [3.63, 3.8) is 0 Å². The maximum Gasteiger partial charge on any atom is 0.0762 e. The standard InChI is InChI=1S/C12H23N3.ClH/c1-3-5-6-8-13-11-12-7-10-15(14-12)9-4-2;/h7,10,13H,3-6,8-9,11H2,1-2H3;1H. The topological polar surface area (TPSA) is 29.9 Å². The van der Waals surface area contributed by atoms with Crippen LogP contribution in [-0.4, -0.2) is 16.3 Å². The third-order valence-corrected chi connectivity index (χ3v) is 2.41. The van der Waals surface area contributed by atoms with Gasteiger partial charge in [0.15, 0.2) is 0 Å². The van der Waals surface area contributed by atoms with Gasteiger partial charge in [-0.05, 0) is 25.5 Å². The van der Waals surface area contributed by atoms with Crippen molar-refractivity contribution >= 4 is 12.4 Å². The van der Waals surface area contributed by atoms with Crippen molar-refractivity contribution in [2.75, 3.05) is 6.54 Å². The molecule has 0 spiro atoms. The first-order valence-corrected chi connectivity index (χ1v) is 6.09. The van der Waals surface area contributed by atoms with Gasteiger partial charge in [-0.1, -0.05) is 26.7 Å². The Morgan fingerprint density at radius 1 is 1.25 bits per heavy atom. The second-order valence-electron chi connectivity index (χ2n) is 3.95. The molecule has 1 aromatic heterocycles. The number of hydrogen-bond acceptors (Lipinski definition) is 2. The van der Waals surface area contributed by atoms with Gasteiger partial charge in [0.25, 0.3) is 0 Å². The lowest BCUT2D eigenvalue weighted by Crippen LogP contribution is -2.15. The lowest BCUT2D eigenvalue weighted by atomic mass is 10.2. The molecule has 0 saturated carbocycles. The maximum absolute atomic E-state index is 4.47. The van der Waals surface area contributed by atoms with E-state index in [2.05, 4.69) is 36.5 Å². The van der Waals surface area contributed by atoms with Crippen LogP contribution in [0.15, 0.2) is 12.3 Å². The Kier molecular flexibility index (Phi) is 9.34. The van der Waals surface area contributed by atoms with Crippen molar-refractivity contribution in [2.45, 2.75) is 52.6 Å². The van der Waals surface area contributed by atoms with Gasteiger partial charge < -0.3 is 5.32 Å². The van der Waals surface area contributed by atoms with Crippen LogP contribution in [0.3, 0.4) is 0 Å². The van der Waals surface area contributed by atoms with Gasteiger partial charge in [0, 0.05) is 19.3 Å². The van der Waals surface area contributed by atoms with Crippen LogP contribution >= 0.6 is 12.4 Å². The van der Waals surface area contributed by atoms with Gasteiger partial charge in [-0.3, -0.25) is 4.68 Å². The van der Waals surface area contributed by atoms with Crippen molar-refractivity contribution in [1.82, 2.24) is 15.1 Å². The minimum atomic E-state index is 0. The van der Waals surface area contributed by atoms with E-state index in [4.69, 9.17) is 0 Å². The molecule has 0 atom stereocenters. The number of hydrogen-bond donors (Lipinski definition) is 1. The highest BCUT2D eigenvalue weighted by molar-refractivity contribution is 5.85. The summed E-state index contributed by atoms with van der Waals surface area (Å²) in [6, 6.07) is 2.10. The first kappa shape index (κ1) is 15.5. The van der Waals surface area contributed by atoms with Gasteiger partial charge in [-0.2, -0.15) is 5.10 Å². The summed E-state index contributed by atoms with van der Waals surface area (Å²) in [4.78, 5) is 0. The number of rotatable bonds is 8. The number of halogens is 1. The van der Waals surface area contributed by atoms with E-state index in [1.807, 2.05) is 4.68 Å². The highest BCUT2D eigenvalue weighted by atomic mass is 35.5. The minimum absolute atomic E-state index is 0. The smallest absolute Gasteiger partial charge is 0.0762 e. The monoisotopic (exact) mass is 245 g/mol. The van der Waals surface area contributed by atoms with E-state index < -0.39 is 0 Å². The van der Waals surface area contributed by atoms with Crippen molar-refractivity contribution < 1.29 is 0 Å². The number of unbranched alkanes of at least 4 members (excludes halogenated alkanes) is 2. The van der Waals surface area contributed by atoms with Crippen LogP contribution in [0.4, 0.5) is 0 Å². The molecule has 0 bridgehead atoms. The zero-order chi connectivity index (χ0) is 10.9. The molecule has 0 aliphatic heterocycles. The summed E-state index contributed by atoms with van der Waals surface area (Å²) in [7, 11) is 0. The Morgan fingerprint density at radius 2 is 2.06 bits per heavy atom. The number of nitrogens with zero attached hydrogens (tertiary/aromatic N) is 2. The molecule has 0 fully saturated rings. The summed E-state index contributed by atoms with van der Waals surface area (Å²) < 4.78 is 2.02. The van der Waals surface area contributed by atoms with E-state index in [1.54, 1.807) is 0 Å². The highest BCUT2D eigenvalue weighted by Crippen LogP contribution is 1.97. The Hall–Kier alpha value is -0.540. The predicted octanol–water partition coefficient (Wildman–Crippen LogP) is 2.99. The molecule has 0 aliphatic rings. The summed E-state index contributed by atoms with van der Waals surface area (Å²) in [5, 5.41) is 7.89. The van der Waals surface area contributed by atoms with Gasteiger partial charge in [-0.25, -0.2) is 0 Å². The minimum Gasteiger partial charge on any atom is -0.311 e. The van der Waals surface area contributed by atoms with E-state index in [0.29, 0.717) is 0 Å². The molecule has 0 aromatic carbocycles. The van der Waals surface area contributed by atoms with Gasteiger partial charge in [-0.15, -0.1) is 12.4 Å².